The van der Waals surface area contributed by atoms with E-state index in [9.17, 15) is 0 Å². The lowest BCUT2D eigenvalue weighted by Gasteiger charge is -2.30. The second kappa shape index (κ2) is 18.9. The molecule has 1 aliphatic rings. The Morgan fingerprint density at radius 1 is 0.235 bits per heavy atom. The van der Waals surface area contributed by atoms with E-state index in [0.29, 0.717) is 0 Å². The van der Waals surface area contributed by atoms with Crippen molar-refractivity contribution in [3.05, 3.63) is 291 Å². The highest BCUT2D eigenvalue weighted by Crippen LogP contribution is 2.53. The summed E-state index contributed by atoms with van der Waals surface area (Å²) in [4.78, 5) is 4.68. The van der Waals surface area contributed by atoms with E-state index in [1.807, 2.05) is 24.3 Å². The van der Waals surface area contributed by atoms with E-state index in [0.717, 1.165) is 145 Å². The van der Waals surface area contributed by atoms with Gasteiger partial charge in [-0.3, -0.25) is 0 Å². The van der Waals surface area contributed by atoms with Crippen molar-refractivity contribution in [3.63, 3.8) is 0 Å². The molecule has 0 atom stereocenters. The summed E-state index contributed by atoms with van der Waals surface area (Å²) < 4.78 is 20.1. The molecule has 15 aromatic rings. The summed E-state index contributed by atoms with van der Waals surface area (Å²) in [6, 6.07) is 103. The van der Waals surface area contributed by atoms with Crippen LogP contribution in [0, 0.1) is 0 Å². The summed E-state index contributed by atoms with van der Waals surface area (Å²) in [5.41, 5.74) is 20.8. The fourth-order valence-corrected chi connectivity index (χ4v) is 12.2. The van der Waals surface area contributed by atoms with E-state index in [2.05, 4.69) is 277 Å². The summed E-state index contributed by atoms with van der Waals surface area (Å²) >= 11 is 0. The van der Waals surface area contributed by atoms with Crippen molar-refractivity contribution in [3.8, 4) is 67.1 Å². The average molecular weight is 1040 g/mol. The number of ether oxygens (including phenoxy) is 1. The van der Waals surface area contributed by atoms with Crippen LogP contribution in [0.1, 0.15) is 0 Å². The zero-order valence-corrected chi connectivity index (χ0v) is 43.8. The molecule has 1 aliphatic heterocycles. The lowest BCUT2D eigenvalue weighted by molar-refractivity contribution is 0.487. The number of benzene rings is 13. The van der Waals surface area contributed by atoms with Crippen LogP contribution in [-0.4, -0.2) is 0 Å². The third-order valence-corrected chi connectivity index (χ3v) is 16.1. The molecule has 0 bridgehead atoms. The molecule has 0 unspecified atom stereocenters. The number of rotatable bonds is 10. The second-order valence-electron chi connectivity index (χ2n) is 20.7. The highest BCUT2D eigenvalue weighted by molar-refractivity contribution is 6.13. The fourth-order valence-electron chi connectivity index (χ4n) is 12.2. The monoisotopic (exact) mass is 1040 g/mol. The molecule has 0 N–H and O–H groups in total. The lowest BCUT2D eigenvalue weighted by atomic mass is 9.93. The summed E-state index contributed by atoms with van der Waals surface area (Å²) in [7, 11) is 0. The first-order chi connectivity index (χ1) is 40.1. The van der Waals surface area contributed by atoms with Crippen molar-refractivity contribution < 1.29 is 13.6 Å². The van der Waals surface area contributed by atoms with E-state index in [1.54, 1.807) is 0 Å². The Balaban J connectivity index is 0.791. The van der Waals surface area contributed by atoms with Crippen LogP contribution in [0.5, 0.6) is 11.5 Å². The van der Waals surface area contributed by atoms with Gasteiger partial charge in [0.15, 0.2) is 0 Å². The first-order valence-electron chi connectivity index (χ1n) is 27.5. The molecule has 2 aromatic heterocycles. The highest BCUT2D eigenvalue weighted by Gasteiger charge is 2.26. The number of anilines is 6. The molecule has 0 fully saturated rings. The Kier molecular flexibility index (Phi) is 10.8. The van der Waals surface area contributed by atoms with Crippen molar-refractivity contribution in [2.24, 2.45) is 0 Å². The molecule has 380 valence electrons. The van der Waals surface area contributed by atoms with Crippen LogP contribution in [-0.2, 0) is 0 Å². The molecule has 0 amide bonds. The van der Waals surface area contributed by atoms with Crippen LogP contribution in [0.15, 0.2) is 300 Å². The third kappa shape index (κ3) is 7.85. The van der Waals surface area contributed by atoms with Crippen molar-refractivity contribution in [2.75, 3.05) is 9.80 Å². The summed E-state index contributed by atoms with van der Waals surface area (Å²) in [6.45, 7) is 0. The summed E-state index contributed by atoms with van der Waals surface area (Å²) in [5.74, 6) is 1.60. The SMILES string of the molecule is c1ccc(-c2ccc(N(c3ccc(-c4cccc5c4oc4ccccc45)cc3)c3ccc4c(c3)Oc3ccc(N(c5ccc(-c6ccccc6)cc5)c5ccc(-c6cccc7c6oc6ccccc67)cc5)c5cccc-4c35)cc2)cc1. The number of nitrogens with zero attached hydrogens (tertiary/aromatic N) is 2. The number of para-hydroxylation sites is 4. The molecule has 0 aliphatic carbocycles. The maximum Gasteiger partial charge on any atom is 0.143 e. The van der Waals surface area contributed by atoms with Gasteiger partial charge in [-0.2, -0.15) is 0 Å². The predicted molar refractivity (Wildman–Crippen MR) is 335 cm³/mol. The molecule has 16 rings (SSSR count). The number of hydrogen-bond acceptors (Lipinski definition) is 5. The second-order valence-corrected chi connectivity index (χ2v) is 20.7. The largest absolute Gasteiger partial charge is 0.456 e. The van der Waals surface area contributed by atoms with Crippen LogP contribution < -0.4 is 14.5 Å². The molecular weight excluding hydrogens is 989 g/mol. The van der Waals surface area contributed by atoms with Gasteiger partial charge in [-0.15, -0.1) is 0 Å². The number of hydrogen-bond donors (Lipinski definition) is 0. The normalized spacial score (nSPS) is 11.8. The Bertz CT molecular complexity index is 4870. The molecule has 3 heterocycles. The first-order valence-corrected chi connectivity index (χ1v) is 27.5. The minimum atomic E-state index is 0.794. The summed E-state index contributed by atoms with van der Waals surface area (Å²) in [5, 5.41) is 6.61. The maximum atomic E-state index is 7.10. The number of furan rings is 2. The van der Waals surface area contributed by atoms with E-state index >= 15 is 0 Å². The molecule has 5 heteroatoms. The van der Waals surface area contributed by atoms with Gasteiger partial charge < -0.3 is 23.4 Å². The Hall–Kier alpha value is -10.9. The molecule has 0 spiro atoms. The minimum Gasteiger partial charge on any atom is -0.456 e. The van der Waals surface area contributed by atoms with Crippen molar-refractivity contribution in [2.45, 2.75) is 0 Å². The van der Waals surface area contributed by atoms with Gasteiger partial charge >= 0.3 is 0 Å². The highest BCUT2D eigenvalue weighted by atomic mass is 16.5. The molecule has 0 radical (unpaired) electrons. The van der Waals surface area contributed by atoms with Gasteiger partial charge in [0.1, 0.15) is 33.8 Å². The third-order valence-electron chi connectivity index (χ3n) is 16.1. The molecule has 0 saturated carbocycles. The van der Waals surface area contributed by atoms with E-state index in [1.165, 1.54) is 11.1 Å². The molecule has 81 heavy (non-hydrogen) atoms. The van der Waals surface area contributed by atoms with Gasteiger partial charge in [0.05, 0.1) is 5.69 Å². The van der Waals surface area contributed by atoms with Gasteiger partial charge in [-0.1, -0.05) is 200 Å². The van der Waals surface area contributed by atoms with Crippen LogP contribution in [0.3, 0.4) is 0 Å². The maximum absolute atomic E-state index is 7.10. The smallest absolute Gasteiger partial charge is 0.143 e. The Morgan fingerprint density at radius 2 is 0.642 bits per heavy atom. The standard InChI is InChI=1S/C76H48N2O3/c1-3-14-49(15-4-1)51-28-36-55(37-29-51)77(56-40-32-53(33-41-56)60-20-11-23-66-62-18-7-9-26-70(62)80-75(60)66)59-44-45-64-65-22-13-25-68-69(46-47-72(74(65)68)79-73(64)48-59)78(57-38-30-52(31-39-57)50-16-5-2-6-17-50)58-42-34-54(35-43-58)61-21-12-24-67-63-19-8-10-27-71(63)81-76(61)67/h1-48H. The van der Waals surface area contributed by atoms with Crippen molar-refractivity contribution in [1.82, 2.24) is 0 Å². The number of fused-ring (bicyclic) bond motifs is 8. The fraction of sp³-hybridized carbons (Fsp3) is 0. The van der Waals surface area contributed by atoms with Crippen molar-refractivity contribution in [1.29, 1.82) is 0 Å². The Labute approximate surface area is 468 Å². The lowest BCUT2D eigenvalue weighted by Crippen LogP contribution is -2.12. The quantitative estimate of drug-likeness (QED) is 0.137. The van der Waals surface area contributed by atoms with E-state index < -0.39 is 0 Å². The minimum absolute atomic E-state index is 0.794. The van der Waals surface area contributed by atoms with Gasteiger partial charge in [0.25, 0.3) is 0 Å². The van der Waals surface area contributed by atoms with Crippen LogP contribution in [0.2, 0.25) is 0 Å². The predicted octanol–water partition coefficient (Wildman–Crippen LogP) is 22.0. The summed E-state index contributed by atoms with van der Waals surface area (Å²) in [6.07, 6.45) is 0. The topological polar surface area (TPSA) is 42.0 Å². The zero-order valence-electron chi connectivity index (χ0n) is 43.8. The first kappa shape index (κ1) is 46.2. The molecule has 5 nitrogen and oxygen atoms in total. The van der Waals surface area contributed by atoms with Gasteiger partial charge in [0.2, 0.25) is 0 Å². The van der Waals surface area contributed by atoms with Gasteiger partial charge in [-0.25, -0.2) is 0 Å². The molecule has 0 saturated heterocycles. The van der Waals surface area contributed by atoms with Crippen LogP contribution in [0.25, 0.3) is 110 Å². The average Bonchev–Trinajstić information content (AvgIpc) is 4.32. The molecule has 13 aromatic carbocycles. The van der Waals surface area contributed by atoms with Crippen LogP contribution in [0.4, 0.5) is 34.1 Å². The Morgan fingerprint density at radius 3 is 1.16 bits per heavy atom. The van der Waals surface area contributed by atoms with E-state index in [4.69, 9.17) is 13.6 Å². The van der Waals surface area contributed by atoms with Crippen molar-refractivity contribution >= 4 is 88.8 Å². The van der Waals surface area contributed by atoms with Crippen LogP contribution >= 0.6 is 0 Å². The van der Waals surface area contributed by atoms with Gasteiger partial charge in [-0.05, 0) is 124 Å². The van der Waals surface area contributed by atoms with E-state index in [-0.39, 0.29) is 0 Å². The molecular formula is C76H48N2O3. The van der Waals surface area contributed by atoms with Gasteiger partial charge in [0, 0.05) is 83.5 Å². The zero-order chi connectivity index (χ0) is 53.4.